The number of rotatable bonds is 25. The standard InChI is InChI=1S/C48H58N2O6S2/c1-7-13-23-51-39-36-30-31-33-35-34-32(30)45(41(39)53-25-15-9-3)57-47(34)43(55-27-17-11-5)44(56-28-18-12-6)48(35)58-46(33)42(54-26-16-10-4)40(52-24-14-8-2)38(31)50-37(36)29-21-19-20-22-49-29/h19-22H,7-18,23-28H2,1-6H3. The molecule has 0 atom stereocenters. The summed E-state index contributed by atoms with van der Waals surface area (Å²) in [6.07, 6.45) is 13.6. The molecule has 0 aliphatic carbocycles. The summed E-state index contributed by atoms with van der Waals surface area (Å²) in [4.78, 5) is 10.6. The third-order valence-corrected chi connectivity index (χ3v) is 13.4. The van der Waals surface area contributed by atoms with Gasteiger partial charge in [-0.05, 0) is 50.7 Å². The Morgan fingerprint density at radius 3 is 1.22 bits per heavy atom. The predicted molar refractivity (Wildman–Crippen MR) is 244 cm³/mol. The van der Waals surface area contributed by atoms with Gasteiger partial charge in [0.15, 0.2) is 34.5 Å². The fourth-order valence-corrected chi connectivity index (χ4v) is 10.6. The number of hydrogen-bond acceptors (Lipinski definition) is 10. The smallest absolute Gasteiger partial charge is 0.189 e. The molecule has 0 saturated carbocycles. The lowest BCUT2D eigenvalue weighted by molar-refractivity contribution is 0.267. The fourth-order valence-electron chi connectivity index (χ4n) is 7.95. The summed E-state index contributed by atoms with van der Waals surface area (Å²) in [5, 5.41) is 7.79. The zero-order valence-electron chi connectivity index (χ0n) is 35.2. The van der Waals surface area contributed by atoms with Crippen LogP contribution in [0.1, 0.15) is 119 Å². The first-order valence-electron chi connectivity index (χ1n) is 22.0. The second-order valence-corrected chi connectivity index (χ2v) is 17.4. The average Bonchev–Trinajstić information content (AvgIpc) is 3.83. The van der Waals surface area contributed by atoms with Crippen LogP contribution in [0, 0.1) is 0 Å². The molecule has 0 aliphatic heterocycles. The third kappa shape index (κ3) is 7.01. The average molecular weight is 823 g/mol. The number of hydrogen-bond donors (Lipinski definition) is 0. The molecule has 4 aromatic heterocycles. The predicted octanol–water partition coefficient (Wildman–Crippen LogP) is 14.6. The molecule has 4 aromatic carbocycles. The van der Waals surface area contributed by atoms with Crippen molar-refractivity contribution < 1.29 is 28.4 Å². The molecule has 0 aliphatic rings. The minimum absolute atomic E-state index is 0.560. The maximum absolute atomic E-state index is 6.99. The van der Waals surface area contributed by atoms with Crippen LogP contribution in [0.15, 0.2) is 24.4 Å². The van der Waals surface area contributed by atoms with E-state index in [2.05, 4.69) is 41.5 Å². The van der Waals surface area contributed by atoms with Gasteiger partial charge in [0.25, 0.3) is 0 Å². The van der Waals surface area contributed by atoms with Crippen LogP contribution in [0.2, 0.25) is 0 Å². The molecule has 8 nitrogen and oxygen atoms in total. The lowest BCUT2D eigenvalue weighted by atomic mass is 9.88. The molecule has 0 bridgehead atoms. The van der Waals surface area contributed by atoms with Gasteiger partial charge < -0.3 is 28.4 Å². The minimum atomic E-state index is 0.560. The number of unbranched alkanes of at least 4 members (excludes halogenated alkanes) is 6. The molecule has 8 rings (SSSR count). The summed E-state index contributed by atoms with van der Waals surface area (Å²) in [7, 11) is 0. The highest BCUT2D eigenvalue weighted by molar-refractivity contribution is 7.29. The molecule has 0 unspecified atom stereocenters. The SMILES string of the molecule is CCCCOc1c(OCCCC)c2sc3c(OCCCC)c(OCCCC)c4sc5c(OCCCC)c(OCCCC)c6c(-c7ccccn7)nc1c1c2c3c4c5c61. The first-order valence-corrected chi connectivity index (χ1v) is 23.6. The zero-order chi connectivity index (χ0) is 40.2. The Morgan fingerprint density at radius 1 is 0.414 bits per heavy atom. The monoisotopic (exact) mass is 822 g/mol. The van der Waals surface area contributed by atoms with Crippen molar-refractivity contribution in [2.24, 2.45) is 0 Å². The van der Waals surface area contributed by atoms with Crippen molar-refractivity contribution in [1.82, 2.24) is 9.97 Å². The summed E-state index contributed by atoms with van der Waals surface area (Å²) < 4.78 is 45.8. The Balaban J connectivity index is 1.62. The number of nitrogens with zero attached hydrogens (tertiary/aromatic N) is 2. The lowest BCUT2D eigenvalue weighted by Crippen LogP contribution is -2.07. The quantitative estimate of drug-likeness (QED) is 0.0320. The van der Waals surface area contributed by atoms with E-state index in [9.17, 15) is 0 Å². The molecule has 0 saturated heterocycles. The third-order valence-electron chi connectivity index (χ3n) is 11.0. The summed E-state index contributed by atoms with van der Waals surface area (Å²) >= 11 is 3.49. The normalized spacial score (nSPS) is 12.2. The van der Waals surface area contributed by atoms with Gasteiger partial charge in [0.2, 0.25) is 0 Å². The van der Waals surface area contributed by atoms with Crippen LogP contribution in [0.25, 0.3) is 73.4 Å². The van der Waals surface area contributed by atoms with Gasteiger partial charge in [-0.2, -0.15) is 0 Å². The van der Waals surface area contributed by atoms with Crippen LogP contribution in [-0.2, 0) is 0 Å². The van der Waals surface area contributed by atoms with Crippen molar-refractivity contribution in [3.63, 3.8) is 0 Å². The summed E-state index contributed by atoms with van der Waals surface area (Å²) in [5.41, 5.74) is 2.32. The second-order valence-electron chi connectivity index (χ2n) is 15.4. The van der Waals surface area contributed by atoms with Gasteiger partial charge in [-0.15, -0.1) is 22.7 Å². The van der Waals surface area contributed by atoms with E-state index in [4.69, 9.17) is 38.4 Å². The van der Waals surface area contributed by atoms with Crippen molar-refractivity contribution in [2.45, 2.75) is 119 Å². The highest BCUT2D eigenvalue weighted by Crippen LogP contribution is 2.65. The first-order chi connectivity index (χ1) is 28.6. The highest BCUT2D eigenvalue weighted by Gasteiger charge is 2.37. The molecule has 0 amide bonds. The van der Waals surface area contributed by atoms with Crippen molar-refractivity contribution >= 4 is 84.7 Å². The van der Waals surface area contributed by atoms with E-state index in [0.29, 0.717) is 45.4 Å². The van der Waals surface area contributed by atoms with Gasteiger partial charge in [0, 0.05) is 38.5 Å². The minimum Gasteiger partial charge on any atom is -0.489 e. The van der Waals surface area contributed by atoms with E-state index >= 15 is 0 Å². The topological polar surface area (TPSA) is 81.2 Å². The maximum atomic E-state index is 6.99. The van der Waals surface area contributed by atoms with E-state index in [1.165, 1.54) is 10.8 Å². The van der Waals surface area contributed by atoms with Crippen molar-refractivity contribution in [2.75, 3.05) is 39.6 Å². The summed E-state index contributed by atoms with van der Waals surface area (Å²) in [6.45, 7) is 16.7. The molecule has 0 N–H and O–H groups in total. The van der Waals surface area contributed by atoms with Gasteiger partial charge in [-0.3, -0.25) is 4.98 Å². The van der Waals surface area contributed by atoms with E-state index in [1.54, 1.807) is 22.7 Å². The molecule has 4 heterocycles. The Kier molecular flexibility index (Phi) is 12.8. The highest BCUT2D eigenvalue weighted by atomic mass is 32.1. The largest absolute Gasteiger partial charge is 0.489 e. The number of aromatic nitrogens is 2. The van der Waals surface area contributed by atoms with Crippen LogP contribution in [0.3, 0.4) is 0 Å². The number of ether oxygens (including phenoxy) is 6. The van der Waals surface area contributed by atoms with Crippen LogP contribution in [0.4, 0.5) is 0 Å². The Bertz CT molecular complexity index is 2560. The molecule has 308 valence electrons. The molecule has 0 spiro atoms. The molecule has 10 heteroatoms. The molecular weight excluding hydrogens is 765 g/mol. The van der Waals surface area contributed by atoms with Crippen molar-refractivity contribution in [3.8, 4) is 45.9 Å². The summed E-state index contributed by atoms with van der Waals surface area (Å²) in [6, 6.07) is 6.03. The van der Waals surface area contributed by atoms with Gasteiger partial charge in [-0.25, -0.2) is 4.98 Å². The Labute approximate surface area is 350 Å². The van der Waals surface area contributed by atoms with Crippen LogP contribution >= 0.6 is 22.7 Å². The van der Waals surface area contributed by atoms with E-state index in [-0.39, 0.29) is 0 Å². The molecule has 0 fully saturated rings. The second kappa shape index (κ2) is 18.3. The molecular formula is C48H58N2O6S2. The molecule has 0 radical (unpaired) electrons. The number of benzene rings is 4. The maximum Gasteiger partial charge on any atom is 0.189 e. The first kappa shape index (κ1) is 40.5. The fraction of sp³-hybridized carbons (Fsp3) is 0.500. The zero-order valence-corrected chi connectivity index (χ0v) is 36.8. The molecule has 58 heavy (non-hydrogen) atoms. The van der Waals surface area contributed by atoms with Crippen molar-refractivity contribution in [1.29, 1.82) is 0 Å². The summed E-state index contributed by atoms with van der Waals surface area (Å²) in [5.74, 6) is 4.63. The van der Waals surface area contributed by atoms with Crippen LogP contribution < -0.4 is 28.4 Å². The van der Waals surface area contributed by atoms with Gasteiger partial charge in [0.1, 0.15) is 11.2 Å². The number of thiophene rings is 2. The van der Waals surface area contributed by atoms with E-state index < -0.39 is 0 Å². The van der Waals surface area contributed by atoms with E-state index in [0.717, 1.165) is 168 Å². The van der Waals surface area contributed by atoms with E-state index in [1.807, 2.05) is 24.4 Å². The van der Waals surface area contributed by atoms with Crippen LogP contribution in [-0.4, -0.2) is 49.6 Å². The Morgan fingerprint density at radius 2 is 0.793 bits per heavy atom. The van der Waals surface area contributed by atoms with Gasteiger partial charge >= 0.3 is 0 Å². The van der Waals surface area contributed by atoms with Crippen LogP contribution in [0.5, 0.6) is 34.5 Å². The number of pyridine rings is 2. The molecule has 8 aromatic rings. The van der Waals surface area contributed by atoms with Gasteiger partial charge in [0.05, 0.1) is 69.5 Å². The Hall–Kier alpha value is -4.28. The van der Waals surface area contributed by atoms with Crippen molar-refractivity contribution in [3.05, 3.63) is 24.4 Å². The lowest BCUT2D eigenvalue weighted by Gasteiger charge is -2.23. The van der Waals surface area contributed by atoms with Gasteiger partial charge in [-0.1, -0.05) is 86.1 Å².